The van der Waals surface area contributed by atoms with Crippen molar-refractivity contribution >= 4 is 17.7 Å². The van der Waals surface area contributed by atoms with Crippen LogP contribution >= 0.6 is 11.8 Å². The summed E-state index contributed by atoms with van der Waals surface area (Å²) in [6.07, 6.45) is 2.65. The van der Waals surface area contributed by atoms with E-state index in [2.05, 4.69) is 6.92 Å². The minimum atomic E-state index is -0.862. The van der Waals surface area contributed by atoms with Crippen LogP contribution in [0.3, 0.4) is 0 Å². The summed E-state index contributed by atoms with van der Waals surface area (Å²) in [5.74, 6) is -0.0798. The molecule has 0 bridgehead atoms. The van der Waals surface area contributed by atoms with Crippen LogP contribution in [-0.4, -0.2) is 34.8 Å². The predicted octanol–water partition coefficient (Wildman–Crippen LogP) is 1.93. The molecule has 1 N–H and O–H groups in total. The van der Waals surface area contributed by atoms with E-state index in [0.29, 0.717) is 11.4 Å². The number of thioether (sulfide) groups is 1. The van der Waals surface area contributed by atoms with Gasteiger partial charge in [-0.2, -0.15) is 11.8 Å². The molecule has 3 nitrogen and oxygen atoms in total. The summed E-state index contributed by atoms with van der Waals surface area (Å²) in [5.41, 5.74) is 0.904. The van der Waals surface area contributed by atoms with E-state index in [1.807, 2.05) is 6.92 Å². The molecular formula is C10H16O3S. The zero-order valence-corrected chi connectivity index (χ0v) is 9.34. The van der Waals surface area contributed by atoms with E-state index in [9.17, 15) is 4.79 Å². The first-order valence-electron chi connectivity index (χ1n) is 4.73. The van der Waals surface area contributed by atoms with Crippen LogP contribution in [0.5, 0.6) is 0 Å². The second-order valence-electron chi connectivity index (χ2n) is 3.54. The minimum absolute atomic E-state index is 0.303. The molecule has 0 aromatic rings. The van der Waals surface area contributed by atoms with Crippen LogP contribution in [0.25, 0.3) is 0 Å². The van der Waals surface area contributed by atoms with Crippen LogP contribution in [0.1, 0.15) is 20.3 Å². The minimum Gasteiger partial charge on any atom is -0.478 e. The molecule has 1 aliphatic rings. The standard InChI is InChI=1S/C10H16O3S/c1-7(5-10(11)12)6-14-9-3-4-13-8(9)2/h5,8-9H,3-4,6H2,1-2H3,(H,11,12). The van der Waals surface area contributed by atoms with E-state index >= 15 is 0 Å². The number of rotatable bonds is 4. The van der Waals surface area contributed by atoms with Gasteiger partial charge in [0.15, 0.2) is 0 Å². The number of carboxylic acid groups (broad SMARTS) is 1. The van der Waals surface area contributed by atoms with E-state index in [-0.39, 0.29) is 0 Å². The average molecular weight is 216 g/mol. The lowest BCUT2D eigenvalue weighted by Crippen LogP contribution is -2.14. The van der Waals surface area contributed by atoms with Crippen molar-refractivity contribution in [1.29, 1.82) is 0 Å². The van der Waals surface area contributed by atoms with Gasteiger partial charge in [-0.15, -0.1) is 0 Å². The topological polar surface area (TPSA) is 46.5 Å². The summed E-state index contributed by atoms with van der Waals surface area (Å²) >= 11 is 1.79. The van der Waals surface area contributed by atoms with Crippen molar-refractivity contribution in [2.75, 3.05) is 12.4 Å². The fourth-order valence-corrected chi connectivity index (χ4v) is 2.59. The van der Waals surface area contributed by atoms with Crippen LogP contribution in [0, 0.1) is 0 Å². The van der Waals surface area contributed by atoms with Crippen LogP contribution in [0.15, 0.2) is 11.6 Å². The zero-order valence-electron chi connectivity index (χ0n) is 8.53. The maximum Gasteiger partial charge on any atom is 0.328 e. The quantitative estimate of drug-likeness (QED) is 0.729. The Balaban J connectivity index is 2.29. The van der Waals surface area contributed by atoms with Gasteiger partial charge in [-0.1, -0.05) is 5.57 Å². The number of hydrogen-bond acceptors (Lipinski definition) is 3. The zero-order chi connectivity index (χ0) is 10.6. The summed E-state index contributed by atoms with van der Waals surface area (Å²) in [5, 5.41) is 9.04. The average Bonchev–Trinajstić information content (AvgIpc) is 2.46. The molecular weight excluding hydrogens is 200 g/mol. The highest BCUT2D eigenvalue weighted by Gasteiger charge is 2.24. The fraction of sp³-hybridized carbons (Fsp3) is 0.700. The van der Waals surface area contributed by atoms with Crippen molar-refractivity contribution in [2.24, 2.45) is 0 Å². The van der Waals surface area contributed by atoms with Gasteiger partial charge >= 0.3 is 5.97 Å². The molecule has 80 valence electrons. The number of hydrogen-bond donors (Lipinski definition) is 1. The molecule has 0 aromatic carbocycles. The maximum absolute atomic E-state index is 10.4. The highest BCUT2D eigenvalue weighted by Crippen LogP contribution is 2.27. The highest BCUT2D eigenvalue weighted by molar-refractivity contribution is 8.00. The third-order valence-electron chi connectivity index (χ3n) is 2.20. The summed E-state index contributed by atoms with van der Waals surface area (Å²) in [7, 11) is 0. The Morgan fingerprint density at radius 2 is 2.43 bits per heavy atom. The van der Waals surface area contributed by atoms with Crippen molar-refractivity contribution in [3.63, 3.8) is 0 Å². The monoisotopic (exact) mass is 216 g/mol. The van der Waals surface area contributed by atoms with Gasteiger partial charge in [-0.25, -0.2) is 4.79 Å². The first-order valence-corrected chi connectivity index (χ1v) is 5.78. The first kappa shape index (κ1) is 11.6. The number of aliphatic carboxylic acids is 1. The van der Waals surface area contributed by atoms with Crippen molar-refractivity contribution in [2.45, 2.75) is 31.6 Å². The highest BCUT2D eigenvalue weighted by atomic mass is 32.2. The molecule has 1 aliphatic heterocycles. The van der Waals surface area contributed by atoms with Gasteiger partial charge < -0.3 is 9.84 Å². The molecule has 1 rings (SSSR count). The lowest BCUT2D eigenvalue weighted by Gasteiger charge is -2.13. The normalized spacial score (nSPS) is 28.0. The van der Waals surface area contributed by atoms with E-state index in [4.69, 9.17) is 9.84 Å². The molecule has 14 heavy (non-hydrogen) atoms. The lowest BCUT2D eigenvalue weighted by atomic mass is 10.3. The van der Waals surface area contributed by atoms with Gasteiger partial charge in [-0.3, -0.25) is 0 Å². The molecule has 2 atom stereocenters. The van der Waals surface area contributed by atoms with Crippen LogP contribution in [-0.2, 0) is 9.53 Å². The van der Waals surface area contributed by atoms with Crippen molar-refractivity contribution in [3.05, 3.63) is 11.6 Å². The second kappa shape index (κ2) is 5.41. The molecule has 0 aliphatic carbocycles. The van der Waals surface area contributed by atoms with Gasteiger partial charge in [0, 0.05) is 23.7 Å². The molecule has 1 saturated heterocycles. The van der Waals surface area contributed by atoms with Crippen LogP contribution < -0.4 is 0 Å². The number of carboxylic acids is 1. The number of ether oxygens (including phenoxy) is 1. The summed E-state index contributed by atoms with van der Waals surface area (Å²) in [6, 6.07) is 0. The summed E-state index contributed by atoms with van der Waals surface area (Å²) in [4.78, 5) is 10.4. The van der Waals surface area contributed by atoms with Gasteiger partial charge in [0.2, 0.25) is 0 Å². The van der Waals surface area contributed by atoms with Gasteiger partial charge in [0.1, 0.15) is 0 Å². The van der Waals surface area contributed by atoms with Crippen molar-refractivity contribution in [3.8, 4) is 0 Å². The molecule has 0 aromatic heterocycles. The molecule has 0 amide bonds. The van der Waals surface area contributed by atoms with Crippen LogP contribution in [0.4, 0.5) is 0 Å². The first-order chi connectivity index (χ1) is 6.59. The number of carbonyl (C=O) groups is 1. The van der Waals surface area contributed by atoms with Crippen LogP contribution in [0.2, 0.25) is 0 Å². The largest absolute Gasteiger partial charge is 0.478 e. The molecule has 0 saturated carbocycles. The Morgan fingerprint density at radius 3 is 2.93 bits per heavy atom. The smallest absolute Gasteiger partial charge is 0.328 e. The molecule has 1 fully saturated rings. The second-order valence-corrected chi connectivity index (χ2v) is 4.77. The van der Waals surface area contributed by atoms with Gasteiger partial charge in [-0.05, 0) is 20.3 Å². The van der Waals surface area contributed by atoms with E-state index < -0.39 is 5.97 Å². The van der Waals surface area contributed by atoms with E-state index in [1.165, 1.54) is 6.08 Å². The SMILES string of the molecule is CC(=CC(=O)O)CSC1CCOC1C. The Morgan fingerprint density at radius 1 is 1.71 bits per heavy atom. The van der Waals surface area contributed by atoms with E-state index in [0.717, 1.165) is 24.4 Å². The Kier molecular flexibility index (Phi) is 4.48. The van der Waals surface area contributed by atoms with Crippen molar-refractivity contribution in [1.82, 2.24) is 0 Å². The maximum atomic E-state index is 10.4. The Labute approximate surface area is 88.5 Å². The Bertz CT molecular complexity index is 238. The molecule has 0 spiro atoms. The summed E-state index contributed by atoms with van der Waals surface area (Å²) < 4.78 is 5.42. The molecule has 4 heteroatoms. The lowest BCUT2D eigenvalue weighted by molar-refractivity contribution is -0.131. The fourth-order valence-electron chi connectivity index (χ4n) is 1.42. The third-order valence-corrected chi connectivity index (χ3v) is 3.87. The van der Waals surface area contributed by atoms with Crippen molar-refractivity contribution < 1.29 is 14.6 Å². The van der Waals surface area contributed by atoms with Gasteiger partial charge in [0.05, 0.1) is 6.10 Å². The molecule has 0 radical (unpaired) electrons. The Hall–Kier alpha value is -0.480. The summed E-state index contributed by atoms with van der Waals surface area (Å²) in [6.45, 7) is 4.75. The predicted molar refractivity (Wildman–Crippen MR) is 57.7 cm³/mol. The third kappa shape index (κ3) is 3.72. The molecule has 1 heterocycles. The van der Waals surface area contributed by atoms with E-state index in [1.54, 1.807) is 11.8 Å². The molecule has 2 unspecified atom stereocenters. The van der Waals surface area contributed by atoms with Gasteiger partial charge in [0.25, 0.3) is 0 Å².